The molecule has 1 aromatic rings. The molecule has 0 amide bonds. The molecule has 19 heavy (non-hydrogen) atoms. The van der Waals surface area contributed by atoms with Crippen molar-refractivity contribution in [1.29, 1.82) is 0 Å². The average Bonchev–Trinajstić information content (AvgIpc) is 2.37. The molecule has 0 fully saturated rings. The second kappa shape index (κ2) is 5.16. The second-order valence-corrected chi connectivity index (χ2v) is 6.00. The van der Waals surface area contributed by atoms with Gasteiger partial charge in [-0.05, 0) is 29.5 Å². The van der Waals surface area contributed by atoms with Crippen molar-refractivity contribution in [3.8, 4) is 0 Å². The Balaban J connectivity index is 2.27. The van der Waals surface area contributed by atoms with Crippen LogP contribution in [0.5, 0.6) is 0 Å². The van der Waals surface area contributed by atoms with Crippen molar-refractivity contribution in [2.45, 2.75) is 52.0 Å². The Morgan fingerprint density at radius 3 is 2.42 bits per heavy atom. The molecule has 0 radical (unpaired) electrons. The van der Waals surface area contributed by atoms with Crippen LogP contribution in [-0.4, -0.2) is 17.9 Å². The number of cyclic esters (lactones) is 1. The number of rotatable bonds is 2. The number of aliphatic imine (C=N–C) groups is 1. The van der Waals surface area contributed by atoms with Gasteiger partial charge in [0, 0.05) is 5.56 Å². The van der Waals surface area contributed by atoms with Crippen LogP contribution in [0.25, 0.3) is 0 Å². The number of hydrogen-bond acceptors (Lipinski definition) is 3. The van der Waals surface area contributed by atoms with Crippen molar-refractivity contribution < 1.29 is 9.53 Å². The van der Waals surface area contributed by atoms with Gasteiger partial charge in [0.25, 0.3) is 0 Å². The van der Waals surface area contributed by atoms with Gasteiger partial charge < -0.3 is 4.74 Å². The van der Waals surface area contributed by atoms with Crippen LogP contribution >= 0.6 is 0 Å². The summed E-state index contributed by atoms with van der Waals surface area (Å²) in [4.78, 5) is 16.0. The van der Waals surface area contributed by atoms with Crippen LogP contribution in [0.4, 0.5) is 0 Å². The summed E-state index contributed by atoms with van der Waals surface area (Å²) in [5, 5.41) is 0. The summed E-state index contributed by atoms with van der Waals surface area (Å²) in [6.07, 6.45) is 1.25. The lowest BCUT2D eigenvalue weighted by Gasteiger charge is -2.21. The van der Waals surface area contributed by atoms with Crippen molar-refractivity contribution in [1.82, 2.24) is 0 Å². The molecule has 1 aliphatic heterocycles. The Hall–Kier alpha value is -1.64. The molecule has 1 heterocycles. The highest BCUT2D eigenvalue weighted by molar-refractivity contribution is 6.02. The minimum absolute atomic E-state index is 0.0542. The summed E-state index contributed by atoms with van der Waals surface area (Å²) in [6, 6.07) is 8.15. The summed E-state index contributed by atoms with van der Waals surface area (Å²) in [6.45, 7) is 8.56. The topological polar surface area (TPSA) is 38.7 Å². The number of hydrogen-bond donors (Lipinski definition) is 0. The highest BCUT2D eigenvalue weighted by Crippen LogP contribution is 2.23. The van der Waals surface area contributed by atoms with Crippen molar-refractivity contribution in [2.24, 2.45) is 4.99 Å². The number of esters is 1. The second-order valence-electron chi connectivity index (χ2n) is 6.00. The maximum Gasteiger partial charge on any atom is 0.314 e. The molecule has 2 rings (SSSR count). The molecule has 0 aromatic heterocycles. The van der Waals surface area contributed by atoms with Gasteiger partial charge in [-0.15, -0.1) is 0 Å². The molecule has 1 aliphatic rings. The fourth-order valence-corrected chi connectivity index (χ4v) is 2.06. The van der Waals surface area contributed by atoms with Crippen molar-refractivity contribution >= 4 is 11.9 Å². The SMILES string of the molecule is CC[C@@H]1CC(=O)OC(c2ccc(C(C)(C)C)cc2)=N1. The Morgan fingerprint density at radius 1 is 1.26 bits per heavy atom. The van der Waals surface area contributed by atoms with Gasteiger partial charge in [0.1, 0.15) is 0 Å². The molecule has 1 atom stereocenters. The van der Waals surface area contributed by atoms with E-state index in [-0.39, 0.29) is 17.4 Å². The Labute approximate surface area is 114 Å². The van der Waals surface area contributed by atoms with Crippen LogP contribution in [0.2, 0.25) is 0 Å². The van der Waals surface area contributed by atoms with Crippen LogP contribution in [0, 0.1) is 0 Å². The van der Waals surface area contributed by atoms with Gasteiger partial charge in [-0.3, -0.25) is 4.79 Å². The standard InChI is InChI=1S/C16H21NO2/c1-5-13-10-14(18)19-15(17-13)11-6-8-12(9-7-11)16(2,3)4/h6-9,13H,5,10H2,1-4H3/t13-/m1/s1. The van der Waals surface area contributed by atoms with Crippen molar-refractivity contribution in [3.63, 3.8) is 0 Å². The molecule has 0 saturated carbocycles. The van der Waals surface area contributed by atoms with E-state index in [0.717, 1.165) is 12.0 Å². The first-order valence-electron chi connectivity index (χ1n) is 6.79. The third-order valence-electron chi connectivity index (χ3n) is 3.38. The molecule has 0 unspecified atom stereocenters. The highest BCUT2D eigenvalue weighted by atomic mass is 16.5. The normalized spacial score (nSPS) is 19.9. The largest absolute Gasteiger partial charge is 0.407 e. The van der Waals surface area contributed by atoms with E-state index in [2.05, 4.69) is 37.9 Å². The minimum Gasteiger partial charge on any atom is -0.407 e. The lowest BCUT2D eigenvalue weighted by Crippen LogP contribution is -2.26. The fraction of sp³-hybridized carbons (Fsp3) is 0.500. The smallest absolute Gasteiger partial charge is 0.314 e. The lowest BCUT2D eigenvalue weighted by atomic mass is 9.87. The molecule has 3 heteroatoms. The lowest BCUT2D eigenvalue weighted by molar-refractivity contribution is -0.136. The van der Waals surface area contributed by atoms with E-state index in [1.165, 1.54) is 5.56 Å². The van der Waals surface area contributed by atoms with E-state index >= 15 is 0 Å². The average molecular weight is 259 g/mol. The molecule has 0 spiro atoms. The van der Waals surface area contributed by atoms with Gasteiger partial charge >= 0.3 is 5.97 Å². The number of benzene rings is 1. The Morgan fingerprint density at radius 2 is 1.89 bits per heavy atom. The monoisotopic (exact) mass is 259 g/mol. The third kappa shape index (κ3) is 3.22. The predicted octanol–water partition coefficient (Wildman–Crippen LogP) is 3.46. The third-order valence-corrected chi connectivity index (χ3v) is 3.38. The van der Waals surface area contributed by atoms with E-state index in [9.17, 15) is 4.79 Å². The van der Waals surface area contributed by atoms with E-state index in [1.807, 2.05) is 19.1 Å². The van der Waals surface area contributed by atoms with Crippen molar-refractivity contribution in [2.75, 3.05) is 0 Å². The van der Waals surface area contributed by atoms with Gasteiger partial charge in [0.05, 0.1) is 12.5 Å². The summed E-state index contributed by atoms with van der Waals surface area (Å²) in [5.74, 6) is 0.278. The summed E-state index contributed by atoms with van der Waals surface area (Å²) in [5.41, 5.74) is 2.25. The van der Waals surface area contributed by atoms with Crippen molar-refractivity contribution in [3.05, 3.63) is 35.4 Å². The number of nitrogens with zero attached hydrogens (tertiary/aromatic N) is 1. The summed E-state index contributed by atoms with van der Waals surface area (Å²) in [7, 11) is 0. The Kier molecular flexibility index (Phi) is 3.74. The van der Waals surface area contributed by atoms with E-state index < -0.39 is 0 Å². The van der Waals surface area contributed by atoms with Gasteiger partial charge in [-0.25, -0.2) is 4.99 Å². The maximum atomic E-state index is 11.5. The first-order chi connectivity index (χ1) is 8.90. The van der Waals surface area contributed by atoms with Gasteiger partial charge in [-0.1, -0.05) is 39.8 Å². The maximum absolute atomic E-state index is 11.5. The van der Waals surface area contributed by atoms with Crippen LogP contribution in [0.15, 0.2) is 29.3 Å². The van der Waals surface area contributed by atoms with E-state index in [0.29, 0.717) is 12.3 Å². The molecule has 0 bridgehead atoms. The molecule has 3 nitrogen and oxygen atoms in total. The van der Waals surface area contributed by atoms with Gasteiger partial charge in [-0.2, -0.15) is 0 Å². The first kappa shape index (κ1) is 13.8. The first-order valence-corrected chi connectivity index (χ1v) is 6.79. The predicted molar refractivity (Wildman–Crippen MR) is 76.5 cm³/mol. The van der Waals surface area contributed by atoms with Gasteiger partial charge in [0.15, 0.2) is 0 Å². The van der Waals surface area contributed by atoms with Gasteiger partial charge in [0.2, 0.25) is 5.90 Å². The van der Waals surface area contributed by atoms with Crippen LogP contribution in [0.1, 0.15) is 51.7 Å². The Bertz CT molecular complexity index is 494. The minimum atomic E-state index is -0.184. The number of ether oxygens (including phenoxy) is 1. The molecule has 0 N–H and O–H groups in total. The highest BCUT2D eigenvalue weighted by Gasteiger charge is 2.23. The molecule has 1 aromatic carbocycles. The number of carbonyl (C=O) groups excluding carboxylic acids is 1. The number of carbonyl (C=O) groups is 1. The zero-order valence-corrected chi connectivity index (χ0v) is 12.1. The molecule has 0 saturated heterocycles. The molecule has 102 valence electrons. The van der Waals surface area contributed by atoms with Crippen LogP contribution in [-0.2, 0) is 14.9 Å². The van der Waals surface area contributed by atoms with Crippen LogP contribution < -0.4 is 0 Å². The summed E-state index contributed by atoms with van der Waals surface area (Å²) >= 11 is 0. The fourth-order valence-electron chi connectivity index (χ4n) is 2.06. The zero-order valence-electron chi connectivity index (χ0n) is 12.1. The van der Waals surface area contributed by atoms with E-state index in [4.69, 9.17) is 4.74 Å². The van der Waals surface area contributed by atoms with E-state index in [1.54, 1.807) is 0 Å². The quantitative estimate of drug-likeness (QED) is 0.763. The zero-order chi connectivity index (χ0) is 14.0. The molecular weight excluding hydrogens is 238 g/mol. The van der Waals surface area contributed by atoms with Crippen LogP contribution in [0.3, 0.4) is 0 Å². The summed E-state index contributed by atoms with van der Waals surface area (Å²) < 4.78 is 5.24. The molecular formula is C16H21NO2. The molecule has 0 aliphatic carbocycles.